The second kappa shape index (κ2) is 8.85. The van der Waals surface area contributed by atoms with E-state index in [1.807, 2.05) is 0 Å². The molecule has 0 fully saturated rings. The van der Waals surface area contributed by atoms with Crippen molar-refractivity contribution in [2.75, 3.05) is 13.2 Å². The molecule has 6 nitrogen and oxygen atoms in total. The molecule has 0 saturated heterocycles. The number of esters is 1. The van der Waals surface area contributed by atoms with Crippen LogP contribution in [0.3, 0.4) is 0 Å². The van der Waals surface area contributed by atoms with Crippen LogP contribution >= 0.6 is 0 Å². The van der Waals surface area contributed by atoms with Gasteiger partial charge in [-0.1, -0.05) is 12.1 Å². The maximum Gasteiger partial charge on any atom is 0.573 e. The summed E-state index contributed by atoms with van der Waals surface area (Å²) in [5.41, 5.74) is 0.897. The van der Waals surface area contributed by atoms with Crippen LogP contribution in [0.5, 0.6) is 17.2 Å². The van der Waals surface area contributed by atoms with Gasteiger partial charge < -0.3 is 18.9 Å². The van der Waals surface area contributed by atoms with Crippen LogP contribution in [0.4, 0.5) is 13.2 Å². The van der Waals surface area contributed by atoms with Crippen LogP contribution in [-0.2, 0) is 16.1 Å². The van der Waals surface area contributed by atoms with Crippen molar-refractivity contribution in [2.24, 2.45) is 0 Å². The lowest BCUT2D eigenvalue weighted by atomic mass is 10.1. The van der Waals surface area contributed by atoms with Gasteiger partial charge in [0, 0.05) is 12.0 Å². The maximum absolute atomic E-state index is 12.3. The highest BCUT2D eigenvalue weighted by molar-refractivity contribution is 5.98. The SMILES string of the molecule is O=C(CCC(=O)c1ccc2c(c1)OCCO2)OCc1ccc(OC(F)(F)F)cc1. The summed E-state index contributed by atoms with van der Waals surface area (Å²) in [7, 11) is 0. The van der Waals surface area contributed by atoms with E-state index in [0.29, 0.717) is 35.8 Å². The van der Waals surface area contributed by atoms with Gasteiger partial charge in [0.05, 0.1) is 6.42 Å². The summed E-state index contributed by atoms with van der Waals surface area (Å²) in [6.07, 6.45) is -4.93. The van der Waals surface area contributed by atoms with Crippen LogP contribution in [0.2, 0.25) is 0 Å². The molecule has 2 aromatic carbocycles. The Hall–Kier alpha value is -3.23. The quantitative estimate of drug-likeness (QED) is 0.506. The molecule has 0 unspecified atom stereocenters. The first kappa shape index (κ1) is 20.5. The summed E-state index contributed by atoms with van der Waals surface area (Å²) in [5.74, 6) is -0.141. The van der Waals surface area contributed by atoms with E-state index >= 15 is 0 Å². The van der Waals surface area contributed by atoms with E-state index in [9.17, 15) is 22.8 Å². The first-order valence-corrected chi connectivity index (χ1v) is 8.73. The number of hydrogen-bond acceptors (Lipinski definition) is 6. The molecule has 1 aliphatic heterocycles. The van der Waals surface area contributed by atoms with Crippen LogP contribution in [-0.4, -0.2) is 31.3 Å². The van der Waals surface area contributed by atoms with E-state index in [0.717, 1.165) is 12.1 Å². The monoisotopic (exact) mass is 410 g/mol. The van der Waals surface area contributed by atoms with Crippen molar-refractivity contribution in [3.05, 3.63) is 53.6 Å². The average Bonchev–Trinajstić information content (AvgIpc) is 2.70. The highest BCUT2D eigenvalue weighted by Gasteiger charge is 2.30. The van der Waals surface area contributed by atoms with Crippen LogP contribution < -0.4 is 14.2 Å². The Morgan fingerprint density at radius 1 is 0.931 bits per heavy atom. The highest BCUT2D eigenvalue weighted by Crippen LogP contribution is 2.31. The molecule has 0 spiro atoms. The summed E-state index contributed by atoms with van der Waals surface area (Å²) in [6.45, 7) is 0.730. The summed E-state index contributed by atoms with van der Waals surface area (Å²) < 4.78 is 56.0. The minimum Gasteiger partial charge on any atom is -0.486 e. The number of rotatable bonds is 7. The Morgan fingerprint density at radius 3 is 2.31 bits per heavy atom. The zero-order valence-electron chi connectivity index (χ0n) is 15.2. The minimum absolute atomic E-state index is 0.0448. The molecule has 2 aromatic rings. The molecule has 1 aliphatic rings. The molecule has 154 valence electrons. The van der Waals surface area contributed by atoms with Gasteiger partial charge in [-0.15, -0.1) is 13.2 Å². The number of Topliss-reactive ketones (excluding diaryl/α,β-unsaturated/α-hetero) is 1. The number of halogens is 3. The Morgan fingerprint density at radius 2 is 1.62 bits per heavy atom. The molecule has 1 heterocycles. The van der Waals surface area contributed by atoms with Crippen molar-refractivity contribution >= 4 is 11.8 Å². The molecule has 0 N–H and O–H groups in total. The fraction of sp³-hybridized carbons (Fsp3) is 0.300. The third kappa shape index (κ3) is 6.13. The normalized spacial score (nSPS) is 12.9. The zero-order chi connectivity index (χ0) is 20.9. The van der Waals surface area contributed by atoms with Gasteiger partial charge in [0.1, 0.15) is 25.6 Å². The topological polar surface area (TPSA) is 71.1 Å². The Kier molecular flexibility index (Phi) is 6.26. The number of alkyl halides is 3. The summed E-state index contributed by atoms with van der Waals surface area (Å²) in [4.78, 5) is 24.1. The van der Waals surface area contributed by atoms with Crippen LogP contribution in [0, 0.1) is 0 Å². The molecule has 0 aromatic heterocycles. The van der Waals surface area contributed by atoms with E-state index in [2.05, 4.69) is 4.74 Å². The van der Waals surface area contributed by atoms with Gasteiger partial charge in [0.2, 0.25) is 0 Å². The molecule has 0 aliphatic carbocycles. The third-order valence-corrected chi connectivity index (χ3v) is 3.98. The fourth-order valence-corrected chi connectivity index (χ4v) is 2.60. The molecule has 0 radical (unpaired) electrons. The molecule has 0 saturated carbocycles. The Balaban J connectivity index is 1.44. The van der Waals surface area contributed by atoms with Crippen molar-refractivity contribution in [2.45, 2.75) is 25.8 Å². The number of carbonyl (C=O) groups excluding carboxylic acids is 2. The smallest absolute Gasteiger partial charge is 0.486 e. The first-order chi connectivity index (χ1) is 13.8. The van der Waals surface area contributed by atoms with Crippen LogP contribution in [0.25, 0.3) is 0 Å². The van der Waals surface area contributed by atoms with Crippen molar-refractivity contribution < 1.29 is 41.7 Å². The van der Waals surface area contributed by atoms with Crippen molar-refractivity contribution in [3.63, 3.8) is 0 Å². The van der Waals surface area contributed by atoms with Gasteiger partial charge in [0.15, 0.2) is 17.3 Å². The summed E-state index contributed by atoms with van der Waals surface area (Å²) >= 11 is 0. The van der Waals surface area contributed by atoms with Gasteiger partial charge in [-0.3, -0.25) is 9.59 Å². The van der Waals surface area contributed by atoms with Gasteiger partial charge in [0.25, 0.3) is 0 Å². The summed E-state index contributed by atoms with van der Waals surface area (Å²) in [6, 6.07) is 9.79. The number of carbonyl (C=O) groups is 2. The predicted octanol–water partition coefficient (Wildman–Crippen LogP) is 4.06. The van der Waals surface area contributed by atoms with E-state index in [4.69, 9.17) is 14.2 Å². The maximum atomic E-state index is 12.3. The Bertz CT molecular complexity index is 877. The molecule has 29 heavy (non-hydrogen) atoms. The molecular weight excluding hydrogens is 393 g/mol. The van der Waals surface area contributed by atoms with Gasteiger partial charge >= 0.3 is 12.3 Å². The lowest BCUT2D eigenvalue weighted by Crippen LogP contribution is -2.17. The van der Waals surface area contributed by atoms with Gasteiger partial charge in [-0.2, -0.15) is 0 Å². The van der Waals surface area contributed by atoms with Crippen LogP contribution in [0.15, 0.2) is 42.5 Å². The highest BCUT2D eigenvalue weighted by atomic mass is 19.4. The van der Waals surface area contributed by atoms with Gasteiger partial charge in [-0.05, 0) is 35.9 Å². The number of ether oxygens (including phenoxy) is 4. The minimum atomic E-state index is -4.77. The molecule has 9 heteroatoms. The summed E-state index contributed by atoms with van der Waals surface area (Å²) in [5, 5.41) is 0. The molecule has 0 atom stereocenters. The van der Waals surface area contributed by atoms with Crippen molar-refractivity contribution in [1.82, 2.24) is 0 Å². The fourth-order valence-electron chi connectivity index (χ4n) is 2.60. The van der Waals surface area contributed by atoms with E-state index in [-0.39, 0.29) is 31.0 Å². The van der Waals surface area contributed by atoms with E-state index in [1.165, 1.54) is 12.1 Å². The largest absolute Gasteiger partial charge is 0.573 e. The van der Waals surface area contributed by atoms with Crippen molar-refractivity contribution in [1.29, 1.82) is 0 Å². The Labute approximate surface area is 164 Å². The molecular formula is C20H17F3O6. The second-order valence-corrected chi connectivity index (χ2v) is 6.13. The molecule has 3 rings (SSSR count). The number of fused-ring (bicyclic) bond motifs is 1. The third-order valence-electron chi connectivity index (χ3n) is 3.98. The first-order valence-electron chi connectivity index (χ1n) is 8.73. The average molecular weight is 410 g/mol. The molecule has 0 amide bonds. The zero-order valence-corrected chi connectivity index (χ0v) is 15.2. The molecule has 0 bridgehead atoms. The second-order valence-electron chi connectivity index (χ2n) is 6.13. The lowest BCUT2D eigenvalue weighted by Gasteiger charge is -2.18. The number of benzene rings is 2. The number of ketones is 1. The standard InChI is InChI=1S/C20H17F3O6/c21-20(22,23)29-15-4-1-13(2-5-15)12-28-19(25)8-6-16(24)14-3-7-17-18(11-14)27-10-9-26-17/h1-5,7,11H,6,8-10,12H2. The van der Waals surface area contributed by atoms with E-state index in [1.54, 1.807) is 18.2 Å². The predicted molar refractivity (Wildman–Crippen MR) is 93.9 cm³/mol. The number of hydrogen-bond donors (Lipinski definition) is 0. The van der Waals surface area contributed by atoms with Gasteiger partial charge in [-0.25, -0.2) is 0 Å². The van der Waals surface area contributed by atoms with E-state index < -0.39 is 12.3 Å². The van der Waals surface area contributed by atoms with Crippen molar-refractivity contribution in [3.8, 4) is 17.2 Å². The van der Waals surface area contributed by atoms with Crippen LogP contribution in [0.1, 0.15) is 28.8 Å². The lowest BCUT2D eigenvalue weighted by molar-refractivity contribution is -0.274.